The minimum Gasteiger partial charge on any atom is -0.457 e. The number of aliphatic hydroxyl groups excluding tert-OH is 4. The molecule has 0 radical (unpaired) electrons. The van der Waals surface area contributed by atoms with E-state index in [2.05, 4.69) is 67.7 Å². The van der Waals surface area contributed by atoms with Gasteiger partial charge in [-0.05, 0) is 57.8 Å². The molecular formula is C33H54O9. The molecule has 1 heterocycles. The van der Waals surface area contributed by atoms with Crippen LogP contribution in [0.25, 0.3) is 0 Å². The number of unbranched alkanes of at least 4 members (excludes halogenated alkanes) is 2. The Labute approximate surface area is 252 Å². The molecule has 6 unspecified atom stereocenters. The summed E-state index contributed by atoms with van der Waals surface area (Å²) in [4.78, 5) is 12.0. The molecule has 0 aliphatic carbocycles. The van der Waals surface area contributed by atoms with E-state index in [1.54, 1.807) is 0 Å². The van der Waals surface area contributed by atoms with E-state index in [0.29, 0.717) is 13.0 Å². The fourth-order valence-electron chi connectivity index (χ4n) is 4.02. The highest BCUT2D eigenvalue weighted by Crippen LogP contribution is 2.22. The van der Waals surface area contributed by atoms with Gasteiger partial charge in [0.1, 0.15) is 30.5 Å². The maximum atomic E-state index is 12.0. The van der Waals surface area contributed by atoms with Crippen LogP contribution < -0.4 is 0 Å². The lowest BCUT2D eigenvalue weighted by Crippen LogP contribution is -2.59. The first-order valence-electron chi connectivity index (χ1n) is 15.4. The molecule has 1 aliphatic heterocycles. The van der Waals surface area contributed by atoms with Gasteiger partial charge in [0.05, 0.1) is 19.8 Å². The van der Waals surface area contributed by atoms with Crippen LogP contribution in [0.2, 0.25) is 0 Å². The third-order valence-corrected chi connectivity index (χ3v) is 6.42. The number of rotatable bonds is 23. The highest BCUT2D eigenvalue weighted by Gasteiger charge is 2.44. The summed E-state index contributed by atoms with van der Waals surface area (Å²) >= 11 is 0. The number of ether oxygens (including phenoxy) is 4. The van der Waals surface area contributed by atoms with Gasteiger partial charge in [0.15, 0.2) is 6.29 Å². The molecule has 0 spiro atoms. The molecule has 240 valence electrons. The summed E-state index contributed by atoms with van der Waals surface area (Å²) in [6.07, 6.45) is 22.7. The van der Waals surface area contributed by atoms with Crippen LogP contribution in [0.1, 0.15) is 78.1 Å². The Bertz CT molecular complexity index is 818. The number of carbonyl (C=O) groups is 1. The van der Waals surface area contributed by atoms with E-state index in [4.69, 9.17) is 18.9 Å². The predicted octanol–water partition coefficient (Wildman–Crippen LogP) is 4.45. The predicted molar refractivity (Wildman–Crippen MR) is 164 cm³/mol. The number of carbonyl (C=O) groups excluding carboxylic acids is 1. The average molecular weight is 595 g/mol. The van der Waals surface area contributed by atoms with Gasteiger partial charge in [-0.25, -0.2) is 0 Å². The highest BCUT2D eigenvalue weighted by molar-refractivity contribution is 5.69. The Morgan fingerprint density at radius 1 is 0.786 bits per heavy atom. The normalized spacial score (nSPS) is 24.2. The number of allylic oxidation sites excluding steroid dienone is 10. The third kappa shape index (κ3) is 17.8. The molecule has 0 saturated carbocycles. The van der Waals surface area contributed by atoms with Gasteiger partial charge in [0.2, 0.25) is 0 Å². The van der Waals surface area contributed by atoms with Crippen LogP contribution in [-0.2, 0) is 23.7 Å². The quantitative estimate of drug-likeness (QED) is 0.0769. The van der Waals surface area contributed by atoms with Crippen molar-refractivity contribution in [3.63, 3.8) is 0 Å². The Hall–Kier alpha value is -2.11. The third-order valence-electron chi connectivity index (χ3n) is 6.42. The molecule has 1 fully saturated rings. The topological polar surface area (TPSA) is 135 Å². The minimum absolute atomic E-state index is 0.106. The Balaban J connectivity index is 2.23. The van der Waals surface area contributed by atoms with Crippen LogP contribution in [0, 0.1) is 0 Å². The van der Waals surface area contributed by atoms with E-state index in [1.165, 1.54) is 0 Å². The van der Waals surface area contributed by atoms with E-state index >= 15 is 0 Å². The number of aliphatic hydroxyl groups is 4. The molecule has 6 atom stereocenters. The summed E-state index contributed by atoms with van der Waals surface area (Å²) in [5, 5.41) is 39.3. The molecular weight excluding hydrogens is 540 g/mol. The van der Waals surface area contributed by atoms with Crippen molar-refractivity contribution in [3.05, 3.63) is 60.8 Å². The molecule has 1 rings (SSSR count). The van der Waals surface area contributed by atoms with Crippen LogP contribution in [0.4, 0.5) is 0 Å². The van der Waals surface area contributed by atoms with E-state index < -0.39 is 43.4 Å². The first-order valence-corrected chi connectivity index (χ1v) is 15.4. The first kappa shape index (κ1) is 37.9. The molecule has 42 heavy (non-hydrogen) atoms. The second-order valence-electron chi connectivity index (χ2n) is 10.2. The molecule has 0 bridgehead atoms. The van der Waals surface area contributed by atoms with Crippen molar-refractivity contribution in [2.24, 2.45) is 0 Å². The molecule has 0 amide bonds. The second-order valence-corrected chi connectivity index (χ2v) is 10.2. The zero-order valence-electron chi connectivity index (χ0n) is 25.5. The van der Waals surface area contributed by atoms with Crippen LogP contribution >= 0.6 is 0 Å². The summed E-state index contributed by atoms with van der Waals surface area (Å²) in [5.74, 6) is -0.387. The lowest BCUT2D eigenvalue weighted by atomic mass is 9.99. The van der Waals surface area contributed by atoms with Crippen LogP contribution in [0.15, 0.2) is 60.8 Å². The van der Waals surface area contributed by atoms with Crippen LogP contribution in [0.3, 0.4) is 0 Å². The number of hydrogen-bond donors (Lipinski definition) is 4. The summed E-state index contributed by atoms with van der Waals surface area (Å²) < 4.78 is 22.1. The van der Waals surface area contributed by atoms with Crippen molar-refractivity contribution in [2.75, 3.05) is 26.4 Å². The largest absolute Gasteiger partial charge is 0.457 e. The smallest absolute Gasteiger partial charge is 0.306 e. The SMILES string of the molecule is CC/C=C\C/C=C\C/C=C\C/C=C\C/C=C\CCCCOCC(COC1OC(CO)C(O)C(O)C1O)OC(=O)CCC. The van der Waals surface area contributed by atoms with Gasteiger partial charge < -0.3 is 39.4 Å². The molecule has 4 N–H and O–H groups in total. The Morgan fingerprint density at radius 3 is 1.95 bits per heavy atom. The van der Waals surface area contributed by atoms with E-state index in [1.807, 2.05) is 6.92 Å². The standard InChI is InChI=1S/C33H54O9/c1-3-5-6-7-8-9-10-11-12-13-14-15-16-17-18-19-20-21-23-39-25-27(41-29(35)22-4-2)26-40-33-32(38)31(37)30(36)28(24-34)42-33/h5-6,8-9,11-12,14-15,17-18,27-28,30-34,36-38H,3-4,7,10,13,16,19-26H2,1-2H3/b6-5-,9-8-,12-11-,15-14-,18-17-. The molecule has 9 nitrogen and oxygen atoms in total. The molecule has 0 aromatic rings. The maximum Gasteiger partial charge on any atom is 0.306 e. The average Bonchev–Trinajstić information content (AvgIpc) is 2.98. The number of hydrogen-bond acceptors (Lipinski definition) is 9. The minimum atomic E-state index is -1.54. The summed E-state index contributed by atoms with van der Waals surface area (Å²) in [7, 11) is 0. The molecule has 1 aliphatic rings. The zero-order valence-corrected chi connectivity index (χ0v) is 25.5. The highest BCUT2D eigenvalue weighted by atomic mass is 16.7. The van der Waals surface area contributed by atoms with Gasteiger partial charge in [-0.1, -0.05) is 74.6 Å². The van der Waals surface area contributed by atoms with Gasteiger partial charge in [-0.2, -0.15) is 0 Å². The Morgan fingerprint density at radius 2 is 1.38 bits per heavy atom. The first-order chi connectivity index (χ1) is 20.4. The van der Waals surface area contributed by atoms with Crippen molar-refractivity contribution in [1.82, 2.24) is 0 Å². The van der Waals surface area contributed by atoms with Gasteiger partial charge in [-0.15, -0.1) is 0 Å². The van der Waals surface area contributed by atoms with Crippen molar-refractivity contribution in [2.45, 2.75) is 115 Å². The van der Waals surface area contributed by atoms with Crippen molar-refractivity contribution < 1.29 is 44.2 Å². The van der Waals surface area contributed by atoms with Gasteiger partial charge in [0.25, 0.3) is 0 Å². The summed E-state index contributed by atoms with van der Waals surface area (Å²) in [5.41, 5.74) is 0. The van der Waals surface area contributed by atoms with E-state index in [-0.39, 0.29) is 25.6 Å². The lowest BCUT2D eigenvalue weighted by molar-refractivity contribution is -0.305. The Kier molecular flexibility index (Phi) is 22.9. The fraction of sp³-hybridized carbons (Fsp3) is 0.667. The maximum absolute atomic E-state index is 12.0. The molecule has 1 saturated heterocycles. The second kappa shape index (κ2) is 25.4. The van der Waals surface area contributed by atoms with E-state index in [9.17, 15) is 25.2 Å². The van der Waals surface area contributed by atoms with Crippen molar-refractivity contribution in [1.29, 1.82) is 0 Å². The monoisotopic (exact) mass is 594 g/mol. The van der Waals surface area contributed by atoms with Crippen molar-refractivity contribution >= 4 is 5.97 Å². The number of esters is 1. The summed E-state index contributed by atoms with van der Waals surface area (Å²) in [6, 6.07) is 0. The fourth-order valence-corrected chi connectivity index (χ4v) is 4.02. The van der Waals surface area contributed by atoms with Gasteiger partial charge in [-0.3, -0.25) is 4.79 Å². The summed E-state index contributed by atoms with van der Waals surface area (Å²) in [6.45, 7) is 3.91. The molecule has 0 aromatic carbocycles. The van der Waals surface area contributed by atoms with E-state index in [0.717, 1.165) is 51.4 Å². The lowest BCUT2D eigenvalue weighted by Gasteiger charge is -2.39. The van der Waals surface area contributed by atoms with Crippen LogP contribution in [-0.4, -0.2) is 89.6 Å². The van der Waals surface area contributed by atoms with Crippen molar-refractivity contribution in [3.8, 4) is 0 Å². The molecule has 9 heteroatoms. The van der Waals surface area contributed by atoms with Crippen LogP contribution in [0.5, 0.6) is 0 Å². The van der Waals surface area contributed by atoms with Gasteiger partial charge in [0, 0.05) is 13.0 Å². The molecule has 0 aromatic heterocycles. The zero-order chi connectivity index (χ0) is 30.8. The van der Waals surface area contributed by atoms with Gasteiger partial charge >= 0.3 is 5.97 Å².